The molecule has 0 aliphatic heterocycles. The largest absolute Gasteiger partial charge is 0.466 e. The second kappa shape index (κ2) is 5.95. The summed E-state index contributed by atoms with van der Waals surface area (Å²) in [5, 5.41) is 5.48. The molecule has 0 saturated carbocycles. The quantitative estimate of drug-likeness (QED) is 0.779. The molecular weight excluding hydrogens is 320 g/mol. The topological polar surface area (TPSA) is 44.1 Å². The van der Waals surface area contributed by atoms with Gasteiger partial charge in [0.2, 0.25) is 0 Å². The molecule has 20 heavy (non-hydrogen) atoms. The molecule has 0 N–H and O–H groups in total. The molecule has 0 amide bonds. The summed E-state index contributed by atoms with van der Waals surface area (Å²) in [6.07, 6.45) is 2.53. The number of nitrogens with zero attached hydrogens (tertiary/aromatic N) is 2. The first kappa shape index (κ1) is 15.0. The van der Waals surface area contributed by atoms with Crippen LogP contribution in [0.4, 0.5) is 0 Å². The molecule has 1 heterocycles. The summed E-state index contributed by atoms with van der Waals surface area (Å²) in [4.78, 5) is 11.9. The van der Waals surface area contributed by atoms with E-state index >= 15 is 0 Å². The first-order chi connectivity index (χ1) is 9.45. The highest BCUT2D eigenvalue weighted by Gasteiger charge is 2.29. The molecular formula is C15H19BrN2O2. The third-order valence-corrected chi connectivity index (χ3v) is 4.10. The van der Waals surface area contributed by atoms with Gasteiger partial charge in [0, 0.05) is 16.4 Å². The molecule has 0 saturated heterocycles. The lowest BCUT2D eigenvalue weighted by atomic mass is 9.89. The van der Waals surface area contributed by atoms with Gasteiger partial charge >= 0.3 is 5.97 Å². The minimum atomic E-state index is -0.500. The van der Waals surface area contributed by atoms with E-state index in [2.05, 4.69) is 21.0 Å². The highest BCUT2D eigenvalue weighted by atomic mass is 79.9. The Bertz CT molecular complexity index is 619. The van der Waals surface area contributed by atoms with E-state index < -0.39 is 5.41 Å². The maximum absolute atomic E-state index is 11.9. The fourth-order valence-electron chi connectivity index (χ4n) is 2.06. The summed E-state index contributed by atoms with van der Waals surface area (Å²) in [7, 11) is 0. The number of hydrogen-bond donors (Lipinski definition) is 0. The Morgan fingerprint density at radius 1 is 1.45 bits per heavy atom. The van der Waals surface area contributed by atoms with Crippen LogP contribution in [-0.4, -0.2) is 22.4 Å². The van der Waals surface area contributed by atoms with Gasteiger partial charge < -0.3 is 4.74 Å². The molecule has 0 aliphatic rings. The van der Waals surface area contributed by atoms with E-state index in [1.165, 1.54) is 0 Å². The Balaban J connectivity index is 2.13. The zero-order valence-electron chi connectivity index (χ0n) is 12.0. The highest BCUT2D eigenvalue weighted by Crippen LogP contribution is 2.26. The van der Waals surface area contributed by atoms with Crippen LogP contribution in [-0.2, 0) is 16.1 Å². The van der Waals surface area contributed by atoms with Crippen LogP contribution in [0.3, 0.4) is 0 Å². The third-order valence-electron chi connectivity index (χ3n) is 3.41. The zero-order chi connectivity index (χ0) is 14.8. The highest BCUT2D eigenvalue weighted by molar-refractivity contribution is 9.10. The first-order valence-corrected chi connectivity index (χ1v) is 7.52. The van der Waals surface area contributed by atoms with Crippen molar-refractivity contribution in [2.75, 3.05) is 6.61 Å². The van der Waals surface area contributed by atoms with Crippen molar-refractivity contribution in [2.45, 2.75) is 33.7 Å². The van der Waals surface area contributed by atoms with Gasteiger partial charge in [-0.3, -0.25) is 9.48 Å². The molecule has 0 fully saturated rings. The third kappa shape index (κ3) is 3.03. The maximum Gasteiger partial charge on any atom is 0.311 e. The van der Waals surface area contributed by atoms with Crippen LogP contribution in [0, 0.1) is 5.41 Å². The second-order valence-corrected chi connectivity index (χ2v) is 6.25. The molecule has 0 radical (unpaired) electrons. The number of halogens is 1. The predicted octanol–water partition coefficient (Wildman–Crippen LogP) is 3.78. The first-order valence-electron chi connectivity index (χ1n) is 6.73. The van der Waals surface area contributed by atoms with E-state index in [1.807, 2.05) is 49.8 Å². The molecule has 0 aliphatic carbocycles. The number of carbonyl (C=O) groups excluding carboxylic acids is 1. The number of fused-ring (bicyclic) bond motifs is 1. The fourth-order valence-corrected chi connectivity index (χ4v) is 2.52. The van der Waals surface area contributed by atoms with Gasteiger partial charge in [-0.15, -0.1) is 0 Å². The molecule has 0 atom stereocenters. The summed E-state index contributed by atoms with van der Waals surface area (Å²) >= 11 is 3.52. The molecule has 0 unspecified atom stereocenters. The Morgan fingerprint density at radius 3 is 2.90 bits per heavy atom. The van der Waals surface area contributed by atoms with Crippen molar-refractivity contribution < 1.29 is 9.53 Å². The number of benzene rings is 1. The summed E-state index contributed by atoms with van der Waals surface area (Å²) < 4.78 is 8.07. The van der Waals surface area contributed by atoms with Crippen LogP contribution in [0.15, 0.2) is 28.9 Å². The number of ether oxygens (including phenoxy) is 1. The van der Waals surface area contributed by atoms with Crippen molar-refractivity contribution in [3.05, 3.63) is 28.9 Å². The average Bonchev–Trinajstić information content (AvgIpc) is 2.81. The van der Waals surface area contributed by atoms with E-state index in [1.54, 1.807) is 0 Å². The molecule has 4 nitrogen and oxygen atoms in total. The van der Waals surface area contributed by atoms with Gasteiger partial charge in [0.25, 0.3) is 0 Å². The number of carbonyl (C=O) groups is 1. The molecule has 2 aromatic rings. The van der Waals surface area contributed by atoms with Gasteiger partial charge in [-0.2, -0.15) is 5.10 Å². The molecule has 2 rings (SSSR count). The number of aryl methyl sites for hydroxylation is 1. The minimum absolute atomic E-state index is 0.155. The second-order valence-electron chi connectivity index (χ2n) is 5.39. The fraction of sp³-hybridized carbons (Fsp3) is 0.467. The van der Waals surface area contributed by atoms with Crippen LogP contribution < -0.4 is 0 Å². The number of esters is 1. The number of hydrogen-bond acceptors (Lipinski definition) is 3. The standard InChI is InChI=1S/C15H19BrN2O2/c1-4-20-14(19)15(2,3)8-9-18-13-7-5-6-12(16)11(13)10-17-18/h5-7,10H,4,8-9H2,1-3H3. The van der Waals surface area contributed by atoms with Crippen LogP contribution in [0.1, 0.15) is 27.2 Å². The summed E-state index contributed by atoms with van der Waals surface area (Å²) in [6.45, 7) is 6.75. The van der Waals surface area contributed by atoms with Crippen molar-refractivity contribution in [1.82, 2.24) is 9.78 Å². The van der Waals surface area contributed by atoms with Gasteiger partial charge in [-0.1, -0.05) is 22.0 Å². The van der Waals surface area contributed by atoms with Crippen LogP contribution >= 0.6 is 15.9 Å². The number of rotatable bonds is 5. The Kier molecular flexibility index (Phi) is 4.48. The predicted molar refractivity (Wildman–Crippen MR) is 82.5 cm³/mol. The van der Waals surface area contributed by atoms with E-state index in [0.717, 1.165) is 15.4 Å². The number of aromatic nitrogens is 2. The summed E-state index contributed by atoms with van der Waals surface area (Å²) in [6, 6.07) is 6.02. The summed E-state index contributed by atoms with van der Waals surface area (Å²) in [5.74, 6) is -0.155. The lowest BCUT2D eigenvalue weighted by molar-refractivity contribution is -0.153. The Hall–Kier alpha value is -1.36. The lowest BCUT2D eigenvalue weighted by Gasteiger charge is -2.22. The smallest absolute Gasteiger partial charge is 0.311 e. The Morgan fingerprint density at radius 2 is 2.20 bits per heavy atom. The van der Waals surface area contributed by atoms with Gasteiger partial charge in [0.15, 0.2) is 0 Å². The van der Waals surface area contributed by atoms with Crippen molar-refractivity contribution in [2.24, 2.45) is 5.41 Å². The normalized spacial score (nSPS) is 11.8. The van der Waals surface area contributed by atoms with Gasteiger partial charge in [0.05, 0.1) is 23.7 Å². The molecule has 5 heteroatoms. The molecule has 108 valence electrons. The van der Waals surface area contributed by atoms with Gasteiger partial charge in [-0.05, 0) is 39.3 Å². The van der Waals surface area contributed by atoms with E-state index in [4.69, 9.17) is 4.74 Å². The van der Waals surface area contributed by atoms with E-state index in [-0.39, 0.29) is 5.97 Å². The van der Waals surface area contributed by atoms with Crippen molar-refractivity contribution in [3.8, 4) is 0 Å². The van der Waals surface area contributed by atoms with Crippen molar-refractivity contribution in [1.29, 1.82) is 0 Å². The van der Waals surface area contributed by atoms with Crippen molar-refractivity contribution in [3.63, 3.8) is 0 Å². The monoisotopic (exact) mass is 338 g/mol. The molecule has 0 bridgehead atoms. The van der Waals surface area contributed by atoms with Crippen molar-refractivity contribution >= 4 is 32.8 Å². The van der Waals surface area contributed by atoms with Crippen LogP contribution in [0.2, 0.25) is 0 Å². The average molecular weight is 339 g/mol. The SMILES string of the molecule is CCOC(=O)C(C)(C)CCn1ncc2c(Br)cccc21. The maximum atomic E-state index is 11.9. The minimum Gasteiger partial charge on any atom is -0.466 e. The van der Waals surface area contributed by atoms with E-state index in [0.29, 0.717) is 19.6 Å². The Labute approximate surface area is 127 Å². The van der Waals surface area contributed by atoms with E-state index in [9.17, 15) is 4.79 Å². The molecule has 1 aromatic heterocycles. The molecule has 0 spiro atoms. The zero-order valence-corrected chi connectivity index (χ0v) is 13.6. The summed E-state index contributed by atoms with van der Waals surface area (Å²) in [5.41, 5.74) is 0.569. The van der Waals surface area contributed by atoms with Gasteiger partial charge in [0.1, 0.15) is 0 Å². The lowest BCUT2D eigenvalue weighted by Crippen LogP contribution is -2.28. The molecule has 1 aromatic carbocycles. The van der Waals surface area contributed by atoms with Crippen LogP contribution in [0.5, 0.6) is 0 Å². The van der Waals surface area contributed by atoms with Gasteiger partial charge in [-0.25, -0.2) is 0 Å². The van der Waals surface area contributed by atoms with Crippen LogP contribution in [0.25, 0.3) is 10.9 Å².